The minimum atomic E-state index is -1.84. The van der Waals surface area contributed by atoms with Gasteiger partial charge in [0.05, 0.1) is 48.1 Å². The van der Waals surface area contributed by atoms with Crippen LogP contribution in [0.3, 0.4) is 0 Å². The van der Waals surface area contributed by atoms with Crippen molar-refractivity contribution < 1.29 is 18.3 Å². The van der Waals surface area contributed by atoms with Gasteiger partial charge in [0.15, 0.2) is 14.4 Å². The summed E-state index contributed by atoms with van der Waals surface area (Å²) in [6.45, 7) is 14.0. The fraction of sp³-hybridized carbons (Fsp3) is 0.412. The molecule has 1 aliphatic carbocycles. The van der Waals surface area contributed by atoms with Crippen molar-refractivity contribution in [1.29, 1.82) is 0 Å². The number of nitrogens with zero attached hydrogens (tertiary/aromatic N) is 6. The van der Waals surface area contributed by atoms with Crippen molar-refractivity contribution in [3.05, 3.63) is 94.9 Å². The average Bonchev–Trinajstić information content (AvgIpc) is 3.56. The summed E-state index contributed by atoms with van der Waals surface area (Å²) < 4.78 is 36.7. The van der Waals surface area contributed by atoms with Gasteiger partial charge in [-0.1, -0.05) is 67.9 Å². The Labute approximate surface area is 274 Å². The van der Waals surface area contributed by atoms with Crippen LogP contribution in [0.25, 0.3) is 16.8 Å². The Morgan fingerprint density at radius 2 is 1.85 bits per heavy atom. The summed E-state index contributed by atoms with van der Waals surface area (Å²) in [6.07, 6.45) is 6.02. The van der Waals surface area contributed by atoms with Gasteiger partial charge in [0.25, 0.3) is 0 Å². The second-order valence-corrected chi connectivity index (χ2v) is 18.6. The summed E-state index contributed by atoms with van der Waals surface area (Å²) in [6, 6.07) is 14.9. The zero-order chi connectivity index (χ0) is 32.6. The van der Waals surface area contributed by atoms with Gasteiger partial charge in [-0.15, -0.1) is 5.10 Å². The third-order valence-electron chi connectivity index (χ3n) is 9.15. The van der Waals surface area contributed by atoms with Crippen LogP contribution < -0.4 is 4.74 Å². The van der Waals surface area contributed by atoms with Crippen LogP contribution in [-0.4, -0.2) is 50.6 Å². The largest absolute Gasteiger partial charge is 0.479 e. The second-order valence-electron chi connectivity index (χ2n) is 13.5. The molecular formula is C34H40ClFN6O3Si. The number of aromatic nitrogens is 6. The summed E-state index contributed by atoms with van der Waals surface area (Å²) in [4.78, 5) is 4.30. The van der Waals surface area contributed by atoms with E-state index in [0.29, 0.717) is 28.6 Å². The third kappa shape index (κ3) is 6.73. The Kier molecular flexibility index (Phi) is 9.03. The molecule has 0 N–H and O–H groups in total. The van der Waals surface area contributed by atoms with E-state index in [9.17, 15) is 4.39 Å². The highest BCUT2D eigenvalue weighted by molar-refractivity contribution is 6.74. The van der Waals surface area contributed by atoms with Gasteiger partial charge in [-0.3, -0.25) is 4.98 Å². The minimum Gasteiger partial charge on any atom is -0.479 e. The molecule has 6 rings (SSSR count). The lowest BCUT2D eigenvalue weighted by Crippen LogP contribution is -2.48. The van der Waals surface area contributed by atoms with Crippen LogP contribution in [0.15, 0.2) is 67.1 Å². The van der Waals surface area contributed by atoms with Crippen LogP contribution in [0, 0.1) is 12.7 Å². The zero-order valence-corrected chi connectivity index (χ0v) is 28.8. The lowest BCUT2D eigenvalue weighted by Gasteiger charge is -2.44. The summed E-state index contributed by atoms with van der Waals surface area (Å²) in [5.41, 5.74) is 4.59. The maximum Gasteiger partial charge on any atom is 0.192 e. The van der Waals surface area contributed by atoms with Gasteiger partial charge in [0.2, 0.25) is 0 Å². The number of rotatable bonds is 11. The maximum absolute atomic E-state index is 13.8. The van der Waals surface area contributed by atoms with Gasteiger partial charge in [0.1, 0.15) is 22.8 Å². The highest BCUT2D eigenvalue weighted by Crippen LogP contribution is 2.43. The van der Waals surface area contributed by atoms with Crippen LogP contribution in [0.2, 0.25) is 23.2 Å². The Bertz CT molecular complexity index is 1800. The molecule has 1 aliphatic rings. The molecule has 0 radical (unpaired) electrons. The van der Waals surface area contributed by atoms with Gasteiger partial charge >= 0.3 is 0 Å². The first-order valence-electron chi connectivity index (χ1n) is 15.6. The molecule has 0 spiro atoms. The van der Waals surface area contributed by atoms with Crippen molar-refractivity contribution in [2.75, 3.05) is 6.61 Å². The van der Waals surface area contributed by atoms with Crippen LogP contribution in [0.1, 0.15) is 62.7 Å². The number of ether oxygens (including phenoxy) is 2. The monoisotopic (exact) mass is 662 g/mol. The van der Waals surface area contributed by atoms with E-state index in [2.05, 4.69) is 54.3 Å². The molecule has 12 heteroatoms. The van der Waals surface area contributed by atoms with Crippen molar-refractivity contribution in [3.63, 3.8) is 0 Å². The van der Waals surface area contributed by atoms with Crippen LogP contribution in [-0.2, 0) is 15.8 Å². The summed E-state index contributed by atoms with van der Waals surface area (Å²) >= 11 is 6.60. The van der Waals surface area contributed by atoms with E-state index >= 15 is 0 Å². The Morgan fingerprint density at radius 3 is 2.54 bits per heavy atom. The lowest BCUT2D eigenvalue weighted by molar-refractivity contribution is 0.0391. The smallest absolute Gasteiger partial charge is 0.192 e. The molecular weight excluding hydrogens is 623 g/mol. The van der Waals surface area contributed by atoms with Crippen molar-refractivity contribution >= 4 is 25.4 Å². The molecule has 46 heavy (non-hydrogen) atoms. The number of hydrogen-bond donors (Lipinski definition) is 0. The van der Waals surface area contributed by atoms with E-state index in [-0.39, 0.29) is 23.8 Å². The standard InChI is InChI=1S/C34H40ClFN6O3Si/c1-22-32(39-40-42(22)26-15-27(16-26)45-46(5,6)34(2,3)4)24-14-30(33-28(35)18-38-41(33)19-24)44-31(29-13-12-25(36)17-37-29)21-43-20-23-10-8-7-9-11-23/h7-14,17-19,26-27,31H,15-16,20-21H2,1-6H3. The van der Waals surface area contributed by atoms with E-state index < -0.39 is 20.2 Å². The molecule has 9 nitrogen and oxygen atoms in total. The Hall–Kier alpha value is -3.64. The molecule has 1 saturated carbocycles. The van der Waals surface area contributed by atoms with Crippen molar-refractivity contribution in [1.82, 2.24) is 29.6 Å². The van der Waals surface area contributed by atoms with E-state index in [0.717, 1.165) is 35.4 Å². The van der Waals surface area contributed by atoms with E-state index in [1.54, 1.807) is 16.8 Å². The normalized spacial score (nSPS) is 17.7. The first-order valence-corrected chi connectivity index (χ1v) is 18.8. The number of fused-ring (bicyclic) bond motifs is 1. The number of benzene rings is 1. The van der Waals surface area contributed by atoms with Crippen molar-refractivity contribution in [3.8, 4) is 17.0 Å². The first kappa shape index (κ1) is 32.3. The lowest BCUT2D eigenvalue weighted by atomic mass is 9.89. The van der Waals surface area contributed by atoms with Gasteiger partial charge < -0.3 is 13.9 Å². The molecule has 1 atom stereocenters. The van der Waals surface area contributed by atoms with Crippen LogP contribution in [0.5, 0.6) is 5.75 Å². The second kappa shape index (κ2) is 12.9. The molecule has 1 aromatic carbocycles. The summed E-state index contributed by atoms with van der Waals surface area (Å²) in [7, 11) is -1.84. The topological polar surface area (TPSA) is 88.6 Å². The van der Waals surface area contributed by atoms with Crippen LogP contribution >= 0.6 is 11.6 Å². The molecule has 242 valence electrons. The maximum atomic E-state index is 13.8. The van der Waals surface area contributed by atoms with Gasteiger partial charge in [-0.2, -0.15) is 5.10 Å². The molecule has 1 unspecified atom stereocenters. The molecule has 1 fully saturated rings. The molecule has 0 bridgehead atoms. The number of hydrogen-bond acceptors (Lipinski definition) is 7. The molecule has 4 aromatic heterocycles. The van der Waals surface area contributed by atoms with Gasteiger partial charge in [0, 0.05) is 17.9 Å². The van der Waals surface area contributed by atoms with Crippen molar-refractivity contribution in [2.24, 2.45) is 0 Å². The van der Waals surface area contributed by atoms with Gasteiger partial charge in [-0.25, -0.2) is 13.6 Å². The summed E-state index contributed by atoms with van der Waals surface area (Å²) in [5.74, 6) is 0.0405. The molecule has 5 aromatic rings. The predicted octanol–water partition coefficient (Wildman–Crippen LogP) is 8.15. The van der Waals surface area contributed by atoms with Crippen molar-refractivity contribution in [2.45, 2.75) is 83.5 Å². The highest BCUT2D eigenvalue weighted by atomic mass is 35.5. The molecule has 4 heterocycles. The van der Waals surface area contributed by atoms with E-state index in [4.69, 9.17) is 25.5 Å². The van der Waals surface area contributed by atoms with E-state index in [1.807, 2.05) is 54.2 Å². The predicted molar refractivity (Wildman–Crippen MR) is 178 cm³/mol. The third-order valence-corrected chi connectivity index (χ3v) is 14.0. The zero-order valence-electron chi connectivity index (χ0n) is 27.1. The quantitative estimate of drug-likeness (QED) is 0.132. The first-order chi connectivity index (χ1) is 21.9. The fourth-order valence-electron chi connectivity index (χ4n) is 5.42. The Balaban J connectivity index is 1.25. The highest BCUT2D eigenvalue weighted by Gasteiger charge is 2.43. The number of pyridine rings is 2. The molecule has 0 aliphatic heterocycles. The SMILES string of the molecule is Cc1c(-c2cc(OC(COCc3ccccc3)c3ccc(F)cn3)c3c(Cl)cnn3c2)nnn1C1CC(O[Si](C)(C)C(C)(C)C)C1. The Morgan fingerprint density at radius 1 is 1.09 bits per heavy atom. The minimum absolute atomic E-state index is 0.169. The van der Waals surface area contributed by atoms with Gasteiger partial charge in [-0.05, 0) is 61.7 Å². The number of halogens is 2. The molecule has 0 amide bonds. The fourth-order valence-corrected chi connectivity index (χ4v) is 7.02. The summed E-state index contributed by atoms with van der Waals surface area (Å²) in [5, 5.41) is 14.2. The molecule has 0 saturated heterocycles. The average molecular weight is 663 g/mol. The van der Waals surface area contributed by atoms with E-state index in [1.165, 1.54) is 12.3 Å². The van der Waals surface area contributed by atoms with Crippen LogP contribution in [0.4, 0.5) is 4.39 Å².